The summed E-state index contributed by atoms with van der Waals surface area (Å²) in [7, 11) is -3.65. The van der Waals surface area contributed by atoms with Gasteiger partial charge < -0.3 is 4.74 Å². The minimum Gasteiger partial charge on any atom is -0.469 e. The molecule has 0 fully saturated rings. The van der Waals surface area contributed by atoms with Crippen molar-refractivity contribution in [2.24, 2.45) is 4.99 Å². The lowest BCUT2D eigenvalue weighted by Gasteiger charge is -2.30. The maximum Gasteiger partial charge on any atom is 0.205 e. The number of aliphatic imine (C=N–C) groups is 1. The Morgan fingerprint density at radius 2 is 1.70 bits per heavy atom. The van der Waals surface area contributed by atoms with Crippen LogP contribution in [-0.2, 0) is 20.2 Å². The third-order valence-corrected chi connectivity index (χ3v) is 6.38. The SMILES string of the molecule is Cc1ccc(S(=O)(=O)[C@@H]2N=CO[C@@]2(C)c2ccccc2C)cc1. The molecule has 2 aromatic rings. The second kappa shape index (κ2) is 5.49. The van der Waals surface area contributed by atoms with Crippen molar-refractivity contribution in [3.63, 3.8) is 0 Å². The van der Waals surface area contributed by atoms with Crippen molar-refractivity contribution < 1.29 is 13.2 Å². The predicted octanol–water partition coefficient (Wildman–Crippen LogP) is 3.38. The average molecular weight is 329 g/mol. The van der Waals surface area contributed by atoms with E-state index in [0.29, 0.717) is 0 Å². The molecule has 2 atom stereocenters. The summed E-state index contributed by atoms with van der Waals surface area (Å²) in [6, 6.07) is 14.5. The van der Waals surface area contributed by atoms with Gasteiger partial charge in [0.1, 0.15) is 0 Å². The van der Waals surface area contributed by atoms with E-state index in [-0.39, 0.29) is 4.90 Å². The van der Waals surface area contributed by atoms with Crippen LogP contribution in [-0.4, -0.2) is 20.2 Å². The minimum atomic E-state index is -3.65. The van der Waals surface area contributed by atoms with Crippen molar-refractivity contribution in [1.82, 2.24) is 0 Å². The number of aryl methyl sites for hydroxylation is 2. The van der Waals surface area contributed by atoms with E-state index in [4.69, 9.17) is 4.74 Å². The molecular formula is C18H19NO3S. The fraction of sp³-hybridized carbons (Fsp3) is 0.278. The van der Waals surface area contributed by atoms with Gasteiger partial charge >= 0.3 is 0 Å². The molecule has 0 bridgehead atoms. The van der Waals surface area contributed by atoms with E-state index >= 15 is 0 Å². The monoisotopic (exact) mass is 329 g/mol. The van der Waals surface area contributed by atoms with Crippen molar-refractivity contribution in [3.05, 3.63) is 65.2 Å². The number of hydrogen-bond acceptors (Lipinski definition) is 4. The Morgan fingerprint density at radius 3 is 2.35 bits per heavy atom. The third kappa shape index (κ3) is 2.55. The molecule has 120 valence electrons. The molecule has 4 nitrogen and oxygen atoms in total. The zero-order valence-electron chi connectivity index (χ0n) is 13.4. The number of benzene rings is 2. The topological polar surface area (TPSA) is 55.7 Å². The molecule has 0 aliphatic carbocycles. The first kappa shape index (κ1) is 15.7. The van der Waals surface area contributed by atoms with Gasteiger partial charge in [-0.25, -0.2) is 13.4 Å². The summed E-state index contributed by atoms with van der Waals surface area (Å²) in [6.07, 6.45) is 1.25. The first-order valence-corrected chi connectivity index (χ1v) is 8.96. The molecule has 0 saturated carbocycles. The summed E-state index contributed by atoms with van der Waals surface area (Å²) in [5.41, 5.74) is 1.79. The lowest BCUT2D eigenvalue weighted by atomic mass is 9.92. The van der Waals surface area contributed by atoms with Crippen molar-refractivity contribution in [2.45, 2.75) is 36.6 Å². The maximum atomic E-state index is 13.1. The Morgan fingerprint density at radius 1 is 1.04 bits per heavy atom. The standard InChI is InChI=1S/C18H19NO3S/c1-13-8-10-15(11-9-13)23(20,21)17-18(3,22-12-19-17)16-7-5-4-6-14(16)2/h4-12,17H,1-3H3/t17-,18-/m0/s1. The summed E-state index contributed by atoms with van der Waals surface area (Å²) in [5.74, 6) is 0. The van der Waals surface area contributed by atoms with E-state index in [1.165, 1.54) is 6.40 Å². The van der Waals surface area contributed by atoms with E-state index < -0.39 is 20.8 Å². The number of ether oxygens (including phenoxy) is 1. The third-order valence-electron chi connectivity index (χ3n) is 4.29. The van der Waals surface area contributed by atoms with Gasteiger partial charge in [-0.2, -0.15) is 0 Å². The number of nitrogens with zero attached hydrogens (tertiary/aromatic N) is 1. The molecule has 0 unspecified atom stereocenters. The molecule has 1 aliphatic rings. The van der Waals surface area contributed by atoms with Gasteiger partial charge in [-0.05, 0) is 38.5 Å². The number of sulfone groups is 1. The fourth-order valence-corrected chi connectivity index (χ4v) is 4.71. The molecular weight excluding hydrogens is 310 g/mol. The highest BCUT2D eigenvalue weighted by Gasteiger charge is 2.50. The van der Waals surface area contributed by atoms with Crippen LogP contribution in [0.3, 0.4) is 0 Å². The predicted molar refractivity (Wildman–Crippen MR) is 90.3 cm³/mol. The molecule has 1 heterocycles. The second-order valence-electron chi connectivity index (χ2n) is 6.00. The van der Waals surface area contributed by atoms with E-state index in [1.807, 2.05) is 38.1 Å². The van der Waals surface area contributed by atoms with Gasteiger partial charge in [0.25, 0.3) is 0 Å². The molecule has 0 amide bonds. The van der Waals surface area contributed by atoms with Crippen LogP contribution in [0.25, 0.3) is 0 Å². The zero-order chi connectivity index (χ0) is 16.7. The van der Waals surface area contributed by atoms with Crippen LogP contribution >= 0.6 is 0 Å². The summed E-state index contributed by atoms with van der Waals surface area (Å²) < 4.78 is 31.8. The van der Waals surface area contributed by atoms with E-state index in [1.54, 1.807) is 31.2 Å². The molecule has 0 aromatic heterocycles. The molecule has 3 rings (SSSR count). The van der Waals surface area contributed by atoms with E-state index in [0.717, 1.165) is 16.7 Å². The van der Waals surface area contributed by atoms with Crippen LogP contribution in [0.15, 0.2) is 58.4 Å². The summed E-state index contributed by atoms with van der Waals surface area (Å²) in [4.78, 5) is 4.40. The quantitative estimate of drug-likeness (QED) is 0.867. The normalized spacial score (nSPS) is 23.7. The van der Waals surface area contributed by atoms with Crippen LogP contribution in [0.1, 0.15) is 23.6 Å². The van der Waals surface area contributed by atoms with Crippen LogP contribution in [0.5, 0.6) is 0 Å². The van der Waals surface area contributed by atoms with Crippen molar-refractivity contribution in [2.75, 3.05) is 0 Å². The fourth-order valence-electron chi connectivity index (χ4n) is 2.96. The molecule has 0 radical (unpaired) electrons. The lowest BCUT2D eigenvalue weighted by molar-refractivity contribution is 0.102. The van der Waals surface area contributed by atoms with Crippen molar-refractivity contribution in [1.29, 1.82) is 0 Å². The molecule has 0 N–H and O–H groups in total. The highest BCUT2D eigenvalue weighted by Crippen LogP contribution is 2.40. The molecule has 1 aliphatic heterocycles. The van der Waals surface area contributed by atoms with Gasteiger partial charge in [0.15, 0.2) is 12.0 Å². The first-order chi connectivity index (χ1) is 10.9. The Hall–Kier alpha value is -2.14. The van der Waals surface area contributed by atoms with Gasteiger partial charge in [0.2, 0.25) is 15.2 Å². The molecule has 0 saturated heterocycles. The summed E-state index contributed by atoms with van der Waals surface area (Å²) >= 11 is 0. The highest BCUT2D eigenvalue weighted by molar-refractivity contribution is 7.92. The summed E-state index contributed by atoms with van der Waals surface area (Å²) in [5, 5.41) is -1.00. The number of rotatable bonds is 3. The van der Waals surface area contributed by atoms with Gasteiger partial charge in [0.05, 0.1) is 4.90 Å². The van der Waals surface area contributed by atoms with Crippen LogP contribution < -0.4 is 0 Å². The molecule has 5 heteroatoms. The van der Waals surface area contributed by atoms with Gasteiger partial charge in [-0.1, -0.05) is 42.0 Å². The Labute approximate surface area is 136 Å². The Bertz CT molecular complexity index is 856. The van der Waals surface area contributed by atoms with Crippen molar-refractivity contribution in [3.8, 4) is 0 Å². The van der Waals surface area contributed by atoms with Gasteiger partial charge in [0, 0.05) is 5.56 Å². The van der Waals surface area contributed by atoms with Crippen LogP contribution in [0.4, 0.5) is 0 Å². The maximum absolute atomic E-state index is 13.1. The summed E-state index contributed by atoms with van der Waals surface area (Å²) in [6.45, 7) is 5.64. The lowest BCUT2D eigenvalue weighted by Crippen LogP contribution is -2.39. The van der Waals surface area contributed by atoms with E-state index in [9.17, 15) is 8.42 Å². The molecule has 23 heavy (non-hydrogen) atoms. The molecule has 2 aromatic carbocycles. The van der Waals surface area contributed by atoms with Gasteiger partial charge in [-0.3, -0.25) is 0 Å². The van der Waals surface area contributed by atoms with E-state index in [2.05, 4.69) is 4.99 Å². The zero-order valence-corrected chi connectivity index (χ0v) is 14.2. The number of hydrogen-bond donors (Lipinski definition) is 0. The minimum absolute atomic E-state index is 0.260. The highest BCUT2D eigenvalue weighted by atomic mass is 32.2. The second-order valence-corrected chi connectivity index (χ2v) is 8.01. The smallest absolute Gasteiger partial charge is 0.205 e. The molecule has 0 spiro atoms. The average Bonchev–Trinajstić information content (AvgIpc) is 2.92. The van der Waals surface area contributed by atoms with Crippen LogP contribution in [0.2, 0.25) is 0 Å². The largest absolute Gasteiger partial charge is 0.469 e. The Balaban J connectivity index is 2.09. The van der Waals surface area contributed by atoms with Crippen molar-refractivity contribution >= 4 is 16.2 Å². The van der Waals surface area contributed by atoms with Crippen LogP contribution in [0, 0.1) is 13.8 Å². The van der Waals surface area contributed by atoms with Gasteiger partial charge in [-0.15, -0.1) is 0 Å². The first-order valence-electron chi connectivity index (χ1n) is 7.42. The Kier molecular flexibility index (Phi) is 3.76.